The van der Waals surface area contributed by atoms with Crippen LogP contribution in [0.4, 0.5) is 20.5 Å². The van der Waals surface area contributed by atoms with Crippen LogP contribution in [-0.4, -0.2) is 87.0 Å². The molecule has 186 valence electrons. The van der Waals surface area contributed by atoms with Crippen LogP contribution in [0.1, 0.15) is 25.6 Å². The van der Waals surface area contributed by atoms with Crippen molar-refractivity contribution >= 4 is 28.7 Å². The first-order valence-corrected chi connectivity index (χ1v) is 11.6. The highest BCUT2D eigenvalue weighted by atomic mass is 19.3. The Morgan fingerprint density at radius 2 is 1.89 bits per heavy atom. The lowest BCUT2D eigenvalue weighted by Gasteiger charge is -2.29. The third-order valence-corrected chi connectivity index (χ3v) is 6.24. The standard InChI is InChI=1S/C23H27F2N7O3/c1-14(22(34)31-7-6-15(33)13-31)26-23-28-18(30-8-10-35-11-9-30)12-19(29-23)32-17-5-3-2-4-16(17)27-21(32)20(24)25/h2-5,12,14-15,20,33H,6-11,13H2,1H3,(H,26,28,29)/t14-,15-/m0/s1. The number of aliphatic hydroxyl groups excluding tert-OH is 1. The SMILES string of the molecule is C[C@H](Nc1nc(N2CCOCC2)cc(-n2c(C(F)F)nc3ccccc32)n1)C(=O)N1CC[C@H](O)C1. The third-order valence-electron chi connectivity index (χ3n) is 6.24. The van der Waals surface area contributed by atoms with Gasteiger partial charge in [0.15, 0.2) is 5.82 Å². The molecule has 2 N–H and O–H groups in total. The normalized spacial score (nSPS) is 19.5. The van der Waals surface area contributed by atoms with Crippen molar-refractivity contribution in [3.8, 4) is 5.82 Å². The summed E-state index contributed by atoms with van der Waals surface area (Å²) < 4.78 is 34.7. The predicted octanol–water partition coefficient (Wildman–Crippen LogP) is 1.98. The van der Waals surface area contributed by atoms with Crippen molar-refractivity contribution < 1.29 is 23.4 Å². The Labute approximate surface area is 200 Å². The quantitative estimate of drug-likeness (QED) is 0.544. The molecule has 0 aliphatic carbocycles. The molecule has 0 bridgehead atoms. The molecule has 4 heterocycles. The minimum absolute atomic E-state index is 0.141. The molecule has 2 aliphatic heterocycles. The van der Waals surface area contributed by atoms with Gasteiger partial charge in [0.05, 0.1) is 30.4 Å². The highest BCUT2D eigenvalue weighted by Crippen LogP contribution is 2.29. The average Bonchev–Trinajstić information content (AvgIpc) is 3.48. The lowest BCUT2D eigenvalue weighted by atomic mass is 10.3. The van der Waals surface area contributed by atoms with Crippen LogP contribution < -0.4 is 10.2 Å². The predicted molar refractivity (Wildman–Crippen MR) is 125 cm³/mol. The van der Waals surface area contributed by atoms with Gasteiger partial charge in [-0.3, -0.25) is 9.36 Å². The summed E-state index contributed by atoms with van der Waals surface area (Å²) in [6.07, 6.45) is -2.81. The van der Waals surface area contributed by atoms with Crippen molar-refractivity contribution in [2.75, 3.05) is 49.6 Å². The minimum atomic E-state index is -2.82. The summed E-state index contributed by atoms with van der Waals surface area (Å²) in [4.78, 5) is 29.7. The monoisotopic (exact) mass is 487 g/mol. The number of nitrogens with one attached hydrogen (secondary N) is 1. The fourth-order valence-corrected chi connectivity index (χ4v) is 4.46. The van der Waals surface area contributed by atoms with E-state index in [2.05, 4.69) is 20.3 Å². The molecule has 0 radical (unpaired) electrons. The fraction of sp³-hybridized carbons (Fsp3) is 0.478. The number of fused-ring (bicyclic) bond motifs is 1. The number of aromatic nitrogens is 4. The van der Waals surface area contributed by atoms with Gasteiger partial charge in [-0.25, -0.2) is 13.8 Å². The van der Waals surface area contributed by atoms with Gasteiger partial charge in [0, 0.05) is 32.2 Å². The highest BCUT2D eigenvalue weighted by Gasteiger charge is 2.29. The molecule has 0 spiro atoms. The molecule has 3 aromatic rings. The van der Waals surface area contributed by atoms with Gasteiger partial charge in [-0.05, 0) is 25.5 Å². The van der Waals surface area contributed by atoms with E-state index in [9.17, 15) is 18.7 Å². The van der Waals surface area contributed by atoms with Crippen LogP contribution in [0.15, 0.2) is 30.3 Å². The van der Waals surface area contributed by atoms with Gasteiger partial charge in [0.25, 0.3) is 6.43 Å². The zero-order chi connectivity index (χ0) is 24.5. The summed E-state index contributed by atoms with van der Waals surface area (Å²) in [5.41, 5.74) is 0.926. The number of halogens is 2. The Kier molecular flexibility index (Phi) is 6.48. The topological polar surface area (TPSA) is 109 Å². The second-order valence-corrected chi connectivity index (χ2v) is 8.69. The van der Waals surface area contributed by atoms with E-state index < -0.39 is 24.4 Å². The van der Waals surface area contributed by atoms with Gasteiger partial charge >= 0.3 is 0 Å². The van der Waals surface area contributed by atoms with Gasteiger partial charge in [-0.1, -0.05) is 12.1 Å². The number of carbonyl (C=O) groups is 1. The summed E-state index contributed by atoms with van der Waals surface area (Å²) in [6, 6.07) is 7.85. The molecule has 2 aliphatic rings. The van der Waals surface area contributed by atoms with E-state index in [0.717, 1.165) is 0 Å². The number of carbonyl (C=O) groups excluding carboxylic acids is 1. The number of benzene rings is 1. The van der Waals surface area contributed by atoms with Crippen LogP contribution in [0, 0.1) is 0 Å². The molecular formula is C23H27F2N7O3. The van der Waals surface area contributed by atoms with Crippen LogP contribution >= 0.6 is 0 Å². The number of alkyl halides is 2. The highest BCUT2D eigenvalue weighted by molar-refractivity contribution is 5.84. The number of ether oxygens (including phenoxy) is 1. The largest absolute Gasteiger partial charge is 0.391 e. The van der Waals surface area contributed by atoms with E-state index in [1.807, 2.05) is 4.90 Å². The molecule has 2 fully saturated rings. The van der Waals surface area contributed by atoms with Crippen molar-refractivity contribution in [2.24, 2.45) is 0 Å². The number of β-amino-alcohol motifs (C(OH)–C–C–N with tert-alkyl or cyclic N) is 1. The third kappa shape index (κ3) is 4.76. The lowest BCUT2D eigenvalue weighted by Crippen LogP contribution is -2.41. The first-order chi connectivity index (χ1) is 16.9. The number of nitrogens with zero attached hydrogens (tertiary/aromatic N) is 6. The van der Waals surface area contributed by atoms with Gasteiger partial charge in [-0.2, -0.15) is 9.97 Å². The van der Waals surface area contributed by atoms with Crippen molar-refractivity contribution in [1.82, 2.24) is 24.4 Å². The number of aliphatic hydroxyl groups is 1. The van der Waals surface area contributed by atoms with Crippen molar-refractivity contribution in [3.05, 3.63) is 36.2 Å². The summed E-state index contributed by atoms with van der Waals surface area (Å²) >= 11 is 0. The molecule has 0 saturated carbocycles. The van der Waals surface area contributed by atoms with E-state index in [1.54, 1.807) is 42.2 Å². The number of anilines is 2. The first kappa shape index (κ1) is 23.4. The molecule has 0 unspecified atom stereocenters. The molecule has 10 nitrogen and oxygen atoms in total. The Hall–Kier alpha value is -3.38. The number of amides is 1. The molecule has 1 amide bonds. The molecule has 2 atom stereocenters. The summed E-state index contributed by atoms with van der Waals surface area (Å²) in [6.45, 7) is 4.66. The van der Waals surface area contributed by atoms with Crippen molar-refractivity contribution in [1.29, 1.82) is 0 Å². The summed E-state index contributed by atoms with van der Waals surface area (Å²) in [7, 11) is 0. The number of rotatable bonds is 6. The molecular weight excluding hydrogens is 460 g/mol. The Balaban J connectivity index is 1.54. The van der Waals surface area contributed by atoms with E-state index in [1.165, 1.54) is 4.57 Å². The van der Waals surface area contributed by atoms with E-state index >= 15 is 0 Å². The molecule has 35 heavy (non-hydrogen) atoms. The number of para-hydroxylation sites is 2. The number of hydrogen-bond acceptors (Lipinski definition) is 8. The Morgan fingerprint density at radius 3 is 2.60 bits per heavy atom. The Bertz CT molecular complexity index is 1220. The van der Waals surface area contributed by atoms with E-state index in [-0.39, 0.29) is 24.2 Å². The number of imidazole rings is 1. The minimum Gasteiger partial charge on any atom is -0.391 e. The lowest BCUT2D eigenvalue weighted by molar-refractivity contribution is -0.130. The number of hydrogen-bond donors (Lipinski definition) is 2. The maximum Gasteiger partial charge on any atom is 0.296 e. The molecule has 5 rings (SSSR count). The van der Waals surface area contributed by atoms with Gasteiger partial charge in [-0.15, -0.1) is 0 Å². The fourth-order valence-electron chi connectivity index (χ4n) is 4.46. The van der Waals surface area contributed by atoms with Crippen molar-refractivity contribution in [3.63, 3.8) is 0 Å². The van der Waals surface area contributed by atoms with Gasteiger partial charge in [0.2, 0.25) is 11.9 Å². The van der Waals surface area contributed by atoms with Crippen LogP contribution in [0.25, 0.3) is 16.9 Å². The number of likely N-dealkylation sites (tertiary alicyclic amines) is 1. The average molecular weight is 488 g/mol. The summed E-state index contributed by atoms with van der Waals surface area (Å²) in [5, 5.41) is 12.8. The maximum atomic E-state index is 14.0. The smallest absolute Gasteiger partial charge is 0.296 e. The second kappa shape index (κ2) is 9.70. The van der Waals surface area contributed by atoms with Crippen LogP contribution in [0.3, 0.4) is 0 Å². The van der Waals surface area contributed by atoms with E-state index in [4.69, 9.17) is 4.74 Å². The van der Waals surface area contributed by atoms with Crippen molar-refractivity contribution in [2.45, 2.75) is 31.9 Å². The van der Waals surface area contributed by atoms with Gasteiger partial charge < -0.3 is 25.0 Å². The zero-order valence-corrected chi connectivity index (χ0v) is 19.3. The van der Waals surface area contributed by atoms with Crippen LogP contribution in [0.2, 0.25) is 0 Å². The molecule has 2 aromatic heterocycles. The zero-order valence-electron chi connectivity index (χ0n) is 19.3. The maximum absolute atomic E-state index is 14.0. The van der Waals surface area contributed by atoms with Gasteiger partial charge in [0.1, 0.15) is 17.7 Å². The van der Waals surface area contributed by atoms with Crippen LogP contribution in [0.5, 0.6) is 0 Å². The molecule has 2 saturated heterocycles. The van der Waals surface area contributed by atoms with Crippen LogP contribution in [-0.2, 0) is 9.53 Å². The molecule has 1 aromatic carbocycles. The Morgan fingerprint density at radius 1 is 1.14 bits per heavy atom. The number of morpholine rings is 1. The van der Waals surface area contributed by atoms with E-state index in [0.29, 0.717) is 56.1 Å². The molecule has 12 heteroatoms. The summed E-state index contributed by atoms with van der Waals surface area (Å²) in [5.74, 6) is 0.297. The first-order valence-electron chi connectivity index (χ1n) is 11.6. The second-order valence-electron chi connectivity index (χ2n) is 8.69.